The number of rotatable bonds is 4. The first-order valence-electron chi connectivity index (χ1n) is 8.95. The van der Waals surface area contributed by atoms with E-state index in [4.69, 9.17) is 0 Å². The van der Waals surface area contributed by atoms with Crippen LogP contribution in [0.3, 0.4) is 0 Å². The van der Waals surface area contributed by atoms with Crippen LogP contribution >= 0.6 is 11.3 Å². The maximum atomic E-state index is 12.4. The van der Waals surface area contributed by atoms with Crippen molar-refractivity contribution in [2.45, 2.75) is 57.8 Å². The van der Waals surface area contributed by atoms with E-state index in [9.17, 15) is 4.79 Å². The minimum absolute atomic E-state index is 0.133. The lowest BCUT2D eigenvalue weighted by atomic mass is 10.00. The Kier molecular flexibility index (Phi) is 5.90. The van der Waals surface area contributed by atoms with Crippen molar-refractivity contribution in [2.75, 3.05) is 26.2 Å². The quantitative estimate of drug-likeness (QED) is 0.919. The molecule has 1 amide bonds. The van der Waals surface area contributed by atoms with Gasteiger partial charge in [0, 0.05) is 18.0 Å². The zero-order valence-electron chi connectivity index (χ0n) is 13.5. The lowest BCUT2D eigenvalue weighted by Crippen LogP contribution is -2.37. The van der Waals surface area contributed by atoms with Crippen LogP contribution in [-0.2, 0) is 12.8 Å². The maximum absolute atomic E-state index is 12.4. The molecule has 0 aromatic carbocycles. The van der Waals surface area contributed by atoms with Crippen LogP contribution in [0.5, 0.6) is 0 Å². The van der Waals surface area contributed by atoms with Gasteiger partial charge in [-0.3, -0.25) is 4.79 Å². The molecule has 0 bridgehead atoms. The zero-order chi connectivity index (χ0) is 15.2. The molecule has 1 aliphatic carbocycles. The third-order valence-electron chi connectivity index (χ3n) is 4.88. The molecule has 2 aliphatic rings. The van der Waals surface area contributed by atoms with E-state index in [1.807, 2.05) is 0 Å². The summed E-state index contributed by atoms with van der Waals surface area (Å²) in [4.78, 5) is 17.2. The summed E-state index contributed by atoms with van der Waals surface area (Å²) in [6.07, 6.45) is 11.6. The number of nitrogens with one attached hydrogen (secondary N) is 1. The Labute approximate surface area is 138 Å². The van der Waals surface area contributed by atoms with E-state index in [1.54, 1.807) is 11.3 Å². The molecule has 0 spiro atoms. The molecule has 22 heavy (non-hydrogen) atoms. The van der Waals surface area contributed by atoms with Gasteiger partial charge in [0.05, 0.1) is 4.88 Å². The summed E-state index contributed by atoms with van der Waals surface area (Å²) in [6, 6.07) is 2.15. The third-order valence-corrected chi connectivity index (χ3v) is 6.12. The summed E-state index contributed by atoms with van der Waals surface area (Å²) in [7, 11) is 0. The summed E-state index contributed by atoms with van der Waals surface area (Å²) < 4.78 is 0. The van der Waals surface area contributed by atoms with Crippen LogP contribution in [0.1, 0.15) is 65.1 Å². The fourth-order valence-corrected chi connectivity index (χ4v) is 4.72. The number of amides is 1. The topological polar surface area (TPSA) is 32.3 Å². The molecule has 1 fully saturated rings. The Balaban J connectivity index is 1.50. The number of carbonyl (C=O) groups is 1. The molecule has 0 unspecified atom stereocenters. The average Bonchev–Trinajstić information content (AvgIpc) is 2.90. The van der Waals surface area contributed by atoms with Crippen molar-refractivity contribution in [3.05, 3.63) is 21.4 Å². The Morgan fingerprint density at radius 3 is 2.59 bits per heavy atom. The van der Waals surface area contributed by atoms with Gasteiger partial charge in [0.2, 0.25) is 0 Å². The molecular weight excluding hydrogens is 292 g/mol. The molecule has 1 aromatic heterocycles. The molecule has 4 heteroatoms. The average molecular weight is 321 g/mol. The minimum Gasteiger partial charge on any atom is -0.350 e. The monoisotopic (exact) mass is 320 g/mol. The van der Waals surface area contributed by atoms with Crippen LogP contribution in [-0.4, -0.2) is 37.0 Å². The number of aryl methyl sites for hydroxylation is 2. The van der Waals surface area contributed by atoms with Crippen LogP contribution in [0.2, 0.25) is 0 Å². The Hall–Kier alpha value is -0.870. The molecule has 1 N–H and O–H groups in total. The smallest absolute Gasteiger partial charge is 0.261 e. The van der Waals surface area contributed by atoms with Crippen molar-refractivity contribution in [2.24, 2.45) is 0 Å². The highest BCUT2D eigenvalue weighted by molar-refractivity contribution is 7.14. The van der Waals surface area contributed by atoms with E-state index in [0.29, 0.717) is 0 Å². The van der Waals surface area contributed by atoms with E-state index in [1.165, 1.54) is 74.9 Å². The second-order valence-electron chi connectivity index (χ2n) is 6.63. The van der Waals surface area contributed by atoms with Gasteiger partial charge in [-0.2, -0.15) is 0 Å². The number of fused-ring (bicyclic) bond motifs is 1. The summed E-state index contributed by atoms with van der Waals surface area (Å²) in [5.41, 5.74) is 1.44. The molecule has 1 aliphatic heterocycles. The van der Waals surface area contributed by atoms with Gasteiger partial charge in [-0.05, 0) is 63.2 Å². The Morgan fingerprint density at radius 2 is 1.77 bits per heavy atom. The molecular formula is C18H28N2OS. The van der Waals surface area contributed by atoms with Crippen molar-refractivity contribution < 1.29 is 4.79 Å². The second-order valence-corrected chi connectivity index (χ2v) is 7.77. The SMILES string of the molecule is O=C(NCCN1CCCCC1)c1cc2c(s1)CCCCCC2. The molecule has 1 aromatic rings. The molecule has 0 saturated carbocycles. The fourth-order valence-electron chi connectivity index (χ4n) is 3.55. The van der Waals surface area contributed by atoms with E-state index in [0.717, 1.165) is 24.4 Å². The van der Waals surface area contributed by atoms with E-state index in [-0.39, 0.29) is 5.91 Å². The predicted molar refractivity (Wildman–Crippen MR) is 92.8 cm³/mol. The highest BCUT2D eigenvalue weighted by atomic mass is 32.1. The second kappa shape index (κ2) is 8.11. The van der Waals surface area contributed by atoms with Gasteiger partial charge < -0.3 is 10.2 Å². The van der Waals surface area contributed by atoms with Gasteiger partial charge in [-0.25, -0.2) is 0 Å². The van der Waals surface area contributed by atoms with Gasteiger partial charge in [0.1, 0.15) is 0 Å². The third kappa shape index (κ3) is 4.32. The van der Waals surface area contributed by atoms with Crippen molar-refractivity contribution >= 4 is 17.2 Å². The summed E-state index contributed by atoms with van der Waals surface area (Å²) in [5.74, 6) is 0.133. The standard InChI is InChI=1S/C18H28N2OS/c21-18(19-10-13-20-11-6-3-7-12-20)17-14-15-8-4-1-2-5-9-16(15)22-17/h14H,1-13H2,(H,19,21). The van der Waals surface area contributed by atoms with Crippen molar-refractivity contribution in [1.29, 1.82) is 0 Å². The first kappa shape index (κ1) is 16.0. The predicted octanol–water partition coefficient (Wildman–Crippen LogP) is 3.62. The first-order valence-corrected chi connectivity index (χ1v) is 9.77. The number of hydrogen-bond donors (Lipinski definition) is 1. The lowest BCUT2D eigenvalue weighted by molar-refractivity contribution is 0.0950. The van der Waals surface area contributed by atoms with Crippen molar-refractivity contribution in [1.82, 2.24) is 10.2 Å². The van der Waals surface area contributed by atoms with E-state index < -0.39 is 0 Å². The number of piperidine rings is 1. The van der Waals surface area contributed by atoms with Crippen molar-refractivity contribution in [3.63, 3.8) is 0 Å². The molecule has 3 nitrogen and oxygen atoms in total. The minimum atomic E-state index is 0.133. The van der Waals surface area contributed by atoms with Crippen LogP contribution in [0.4, 0.5) is 0 Å². The van der Waals surface area contributed by atoms with Gasteiger partial charge in [0.15, 0.2) is 0 Å². The molecule has 0 radical (unpaired) electrons. The molecule has 1 saturated heterocycles. The summed E-state index contributed by atoms with van der Waals surface area (Å²) in [6.45, 7) is 4.17. The Bertz CT molecular complexity index is 466. The molecule has 2 heterocycles. The van der Waals surface area contributed by atoms with Crippen LogP contribution in [0.25, 0.3) is 0 Å². The van der Waals surface area contributed by atoms with Gasteiger partial charge in [-0.15, -0.1) is 11.3 Å². The van der Waals surface area contributed by atoms with Crippen molar-refractivity contribution in [3.8, 4) is 0 Å². The first-order chi connectivity index (χ1) is 10.8. The van der Waals surface area contributed by atoms with E-state index >= 15 is 0 Å². The largest absolute Gasteiger partial charge is 0.350 e. The highest BCUT2D eigenvalue weighted by Gasteiger charge is 2.16. The normalized spacial score (nSPS) is 20.0. The lowest BCUT2D eigenvalue weighted by Gasteiger charge is -2.26. The van der Waals surface area contributed by atoms with E-state index in [2.05, 4.69) is 16.3 Å². The molecule has 3 rings (SSSR count). The maximum Gasteiger partial charge on any atom is 0.261 e. The fraction of sp³-hybridized carbons (Fsp3) is 0.722. The van der Waals surface area contributed by atoms with Gasteiger partial charge in [-0.1, -0.05) is 19.3 Å². The molecule has 0 atom stereocenters. The number of likely N-dealkylation sites (tertiary alicyclic amines) is 1. The number of hydrogen-bond acceptors (Lipinski definition) is 3. The van der Waals surface area contributed by atoms with Gasteiger partial charge in [0.25, 0.3) is 5.91 Å². The molecule has 122 valence electrons. The van der Waals surface area contributed by atoms with Crippen LogP contribution < -0.4 is 5.32 Å². The van der Waals surface area contributed by atoms with Crippen LogP contribution in [0.15, 0.2) is 6.07 Å². The van der Waals surface area contributed by atoms with Gasteiger partial charge >= 0.3 is 0 Å². The highest BCUT2D eigenvalue weighted by Crippen LogP contribution is 2.28. The zero-order valence-corrected chi connectivity index (χ0v) is 14.3. The van der Waals surface area contributed by atoms with Crippen LogP contribution in [0, 0.1) is 0 Å². The number of nitrogens with zero attached hydrogens (tertiary/aromatic N) is 1. The summed E-state index contributed by atoms with van der Waals surface area (Å²) in [5, 5.41) is 3.12. The Morgan fingerprint density at radius 1 is 1.05 bits per heavy atom. The number of thiophene rings is 1. The summed E-state index contributed by atoms with van der Waals surface area (Å²) >= 11 is 1.73. The number of carbonyl (C=O) groups excluding carboxylic acids is 1.